The maximum Gasteiger partial charge on any atom is 0.305 e. The van der Waals surface area contributed by atoms with E-state index in [1.54, 1.807) is 11.0 Å². The predicted octanol–water partition coefficient (Wildman–Crippen LogP) is 3.08. The van der Waals surface area contributed by atoms with Gasteiger partial charge in [-0.1, -0.05) is 30.2 Å². The van der Waals surface area contributed by atoms with Gasteiger partial charge < -0.3 is 10.0 Å². The largest absolute Gasteiger partial charge is 0.481 e. The number of carbonyl (C=O) groups is 2. The number of carboxylic acid groups (broad SMARTS) is 1. The van der Waals surface area contributed by atoms with Gasteiger partial charge in [-0.25, -0.2) is 0 Å². The number of hydrogen-bond acceptors (Lipinski definition) is 2. The molecule has 21 heavy (non-hydrogen) atoms. The molecule has 0 aromatic heterocycles. The smallest absolute Gasteiger partial charge is 0.305 e. The van der Waals surface area contributed by atoms with Crippen molar-refractivity contribution in [1.29, 1.82) is 0 Å². The number of hydrogen-bond donors (Lipinski definition) is 1. The Morgan fingerprint density at radius 3 is 2.57 bits per heavy atom. The topological polar surface area (TPSA) is 57.6 Å². The Morgan fingerprint density at radius 1 is 1.38 bits per heavy atom. The van der Waals surface area contributed by atoms with Crippen molar-refractivity contribution < 1.29 is 14.7 Å². The fraction of sp³-hybridized carbons (Fsp3) is 0.500. The highest BCUT2D eigenvalue weighted by Crippen LogP contribution is 2.45. The number of halogens is 1. The highest BCUT2D eigenvalue weighted by molar-refractivity contribution is 6.30. The lowest BCUT2D eigenvalue weighted by Gasteiger charge is -2.44. The quantitative estimate of drug-likeness (QED) is 0.878. The zero-order chi connectivity index (χ0) is 15.5. The summed E-state index contributed by atoms with van der Waals surface area (Å²) in [7, 11) is 0. The molecule has 0 heterocycles. The molecule has 0 unspecified atom stereocenters. The molecule has 0 aliphatic heterocycles. The number of carbonyl (C=O) groups excluding carboxylic acids is 1. The molecule has 5 heteroatoms. The van der Waals surface area contributed by atoms with Crippen molar-refractivity contribution in [2.45, 2.75) is 38.0 Å². The van der Waals surface area contributed by atoms with Crippen LogP contribution in [0.2, 0.25) is 5.02 Å². The molecule has 0 radical (unpaired) electrons. The second kappa shape index (κ2) is 6.48. The summed E-state index contributed by atoms with van der Waals surface area (Å²) in [5, 5.41) is 9.44. The van der Waals surface area contributed by atoms with Crippen LogP contribution in [0.1, 0.15) is 38.2 Å². The van der Waals surface area contributed by atoms with Crippen LogP contribution >= 0.6 is 11.6 Å². The molecule has 1 aromatic carbocycles. The molecule has 114 valence electrons. The number of nitrogens with zero attached hydrogens (tertiary/aromatic N) is 1. The van der Waals surface area contributed by atoms with E-state index in [-0.39, 0.29) is 18.9 Å². The number of carboxylic acids is 1. The zero-order valence-corrected chi connectivity index (χ0v) is 12.9. The van der Waals surface area contributed by atoms with Gasteiger partial charge in [-0.15, -0.1) is 0 Å². The molecule has 0 spiro atoms. The van der Waals surface area contributed by atoms with Crippen LogP contribution in [0.25, 0.3) is 0 Å². The van der Waals surface area contributed by atoms with Crippen molar-refractivity contribution in [2.24, 2.45) is 0 Å². The summed E-state index contributed by atoms with van der Waals surface area (Å²) in [5.41, 5.74) is 0.430. The van der Waals surface area contributed by atoms with Crippen molar-refractivity contribution in [3.8, 4) is 0 Å². The first-order chi connectivity index (χ1) is 9.99. The first-order valence-electron chi connectivity index (χ1n) is 7.27. The Labute approximate surface area is 129 Å². The SMILES string of the molecule is CCN(CCC(=O)O)C(=O)C1(c2cccc(Cl)c2)CCC1. The fourth-order valence-electron chi connectivity index (χ4n) is 2.88. The van der Waals surface area contributed by atoms with E-state index in [0.29, 0.717) is 11.6 Å². The molecule has 0 bridgehead atoms. The van der Waals surface area contributed by atoms with Crippen LogP contribution in [-0.2, 0) is 15.0 Å². The van der Waals surface area contributed by atoms with E-state index in [9.17, 15) is 9.59 Å². The van der Waals surface area contributed by atoms with Gasteiger partial charge in [-0.3, -0.25) is 9.59 Å². The summed E-state index contributed by atoms with van der Waals surface area (Å²) in [6.45, 7) is 2.66. The Morgan fingerprint density at radius 2 is 2.10 bits per heavy atom. The minimum absolute atomic E-state index is 0.0226. The van der Waals surface area contributed by atoms with Gasteiger partial charge in [0, 0.05) is 18.1 Å². The van der Waals surface area contributed by atoms with Gasteiger partial charge in [0.25, 0.3) is 0 Å². The molecular weight excluding hydrogens is 290 g/mol. The van der Waals surface area contributed by atoms with Crippen LogP contribution in [-0.4, -0.2) is 35.0 Å². The first kappa shape index (κ1) is 15.8. The summed E-state index contributed by atoms with van der Waals surface area (Å²) in [6.07, 6.45) is 2.59. The molecule has 1 aliphatic carbocycles. The minimum atomic E-state index is -0.883. The number of benzene rings is 1. The van der Waals surface area contributed by atoms with Gasteiger partial charge in [0.1, 0.15) is 0 Å². The minimum Gasteiger partial charge on any atom is -0.481 e. The Kier molecular flexibility index (Phi) is 4.88. The Bertz CT molecular complexity index is 540. The van der Waals surface area contributed by atoms with Crippen LogP contribution in [0.4, 0.5) is 0 Å². The third kappa shape index (κ3) is 3.21. The van der Waals surface area contributed by atoms with Crippen LogP contribution in [0.3, 0.4) is 0 Å². The number of rotatable bonds is 6. The highest BCUT2D eigenvalue weighted by atomic mass is 35.5. The molecule has 1 N–H and O–H groups in total. The lowest BCUT2D eigenvalue weighted by atomic mass is 9.63. The van der Waals surface area contributed by atoms with E-state index >= 15 is 0 Å². The van der Waals surface area contributed by atoms with Gasteiger partial charge in [0.05, 0.1) is 11.8 Å². The lowest BCUT2D eigenvalue weighted by Crippen LogP contribution is -2.51. The van der Waals surface area contributed by atoms with Gasteiger partial charge in [0.15, 0.2) is 0 Å². The number of aliphatic carboxylic acids is 1. The van der Waals surface area contributed by atoms with Crippen molar-refractivity contribution >= 4 is 23.5 Å². The Balaban J connectivity index is 2.22. The van der Waals surface area contributed by atoms with Gasteiger partial charge in [-0.2, -0.15) is 0 Å². The van der Waals surface area contributed by atoms with E-state index in [4.69, 9.17) is 16.7 Å². The molecule has 0 atom stereocenters. The molecular formula is C16H20ClNO3. The third-order valence-corrected chi connectivity index (χ3v) is 4.49. The van der Waals surface area contributed by atoms with Crippen molar-refractivity contribution in [3.05, 3.63) is 34.9 Å². The second-order valence-electron chi connectivity index (χ2n) is 5.47. The summed E-state index contributed by atoms with van der Waals surface area (Å²) < 4.78 is 0. The highest BCUT2D eigenvalue weighted by Gasteiger charge is 2.47. The molecule has 1 aliphatic rings. The van der Waals surface area contributed by atoms with Gasteiger partial charge in [-0.05, 0) is 37.5 Å². The average Bonchev–Trinajstić information content (AvgIpc) is 2.38. The molecule has 0 saturated heterocycles. The van der Waals surface area contributed by atoms with E-state index in [1.807, 2.05) is 25.1 Å². The fourth-order valence-corrected chi connectivity index (χ4v) is 3.07. The van der Waals surface area contributed by atoms with Crippen LogP contribution in [0.5, 0.6) is 0 Å². The van der Waals surface area contributed by atoms with Crippen molar-refractivity contribution in [1.82, 2.24) is 4.90 Å². The maximum atomic E-state index is 12.9. The zero-order valence-electron chi connectivity index (χ0n) is 12.1. The van der Waals surface area contributed by atoms with Crippen LogP contribution in [0, 0.1) is 0 Å². The van der Waals surface area contributed by atoms with E-state index in [0.717, 1.165) is 24.8 Å². The molecule has 2 rings (SSSR count). The monoisotopic (exact) mass is 309 g/mol. The third-order valence-electron chi connectivity index (χ3n) is 4.26. The summed E-state index contributed by atoms with van der Waals surface area (Å²) in [5.74, 6) is -0.855. The van der Waals surface area contributed by atoms with Gasteiger partial charge >= 0.3 is 5.97 Å². The molecule has 4 nitrogen and oxygen atoms in total. The molecule has 1 saturated carbocycles. The van der Waals surface area contributed by atoms with E-state index in [1.165, 1.54) is 0 Å². The summed E-state index contributed by atoms with van der Waals surface area (Å²) in [4.78, 5) is 25.3. The lowest BCUT2D eigenvalue weighted by molar-refractivity contribution is -0.142. The first-order valence-corrected chi connectivity index (χ1v) is 7.64. The normalized spacial score (nSPS) is 16.1. The van der Waals surface area contributed by atoms with Crippen molar-refractivity contribution in [3.63, 3.8) is 0 Å². The van der Waals surface area contributed by atoms with Crippen LogP contribution in [0.15, 0.2) is 24.3 Å². The molecule has 1 amide bonds. The summed E-state index contributed by atoms with van der Waals surface area (Å²) >= 11 is 6.05. The summed E-state index contributed by atoms with van der Waals surface area (Å²) in [6, 6.07) is 7.44. The average molecular weight is 310 g/mol. The molecule has 1 aromatic rings. The van der Waals surface area contributed by atoms with Crippen LogP contribution < -0.4 is 0 Å². The van der Waals surface area contributed by atoms with E-state index in [2.05, 4.69) is 0 Å². The second-order valence-corrected chi connectivity index (χ2v) is 5.91. The predicted molar refractivity (Wildman–Crippen MR) is 81.5 cm³/mol. The molecule has 1 fully saturated rings. The number of likely N-dealkylation sites (N-methyl/N-ethyl adjacent to an activating group) is 1. The Hall–Kier alpha value is -1.55. The van der Waals surface area contributed by atoms with Gasteiger partial charge in [0.2, 0.25) is 5.91 Å². The van der Waals surface area contributed by atoms with Crippen molar-refractivity contribution in [2.75, 3.05) is 13.1 Å². The number of amides is 1. The standard InChI is InChI=1S/C16H20ClNO3/c1-2-18(10-7-14(19)20)15(21)16(8-4-9-16)12-5-3-6-13(17)11-12/h3,5-6,11H,2,4,7-10H2,1H3,(H,19,20). The van der Waals surface area contributed by atoms with E-state index < -0.39 is 11.4 Å². The maximum absolute atomic E-state index is 12.9.